The van der Waals surface area contributed by atoms with Crippen LogP contribution in [0.1, 0.15) is 48.1 Å². The van der Waals surface area contributed by atoms with Crippen molar-refractivity contribution in [1.82, 2.24) is 9.38 Å². The number of benzene rings is 1. The average molecular weight is 278 g/mol. The zero-order chi connectivity index (χ0) is 14.2. The van der Waals surface area contributed by atoms with Gasteiger partial charge < -0.3 is 9.51 Å². The van der Waals surface area contributed by atoms with E-state index in [9.17, 15) is 5.11 Å². The van der Waals surface area contributed by atoms with Crippen LogP contribution in [-0.2, 0) is 0 Å². The minimum atomic E-state index is -0.666. The van der Waals surface area contributed by atoms with Crippen LogP contribution in [0.15, 0.2) is 54.9 Å². The number of aromatic nitrogens is 2. The van der Waals surface area contributed by atoms with Crippen molar-refractivity contribution in [3.63, 3.8) is 0 Å². The zero-order valence-electron chi connectivity index (χ0n) is 11.8. The molecule has 4 rings (SSSR count). The van der Waals surface area contributed by atoms with Gasteiger partial charge in [0.05, 0.1) is 5.69 Å². The Morgan fingerprint density at radius 1 is 1.10 bits per heavy atom. The summed E-state index contributed by atoms with van der Waals surface area (Å²) >= 11 is 0. The van der Waals surface area contributed by atoms with Crippen LogP contribution < -0.4 is 0 Å². The molecule has 2 heterocycles. The number of hydrogen-bond acceptors (Lipinski definition) is 2. The fraction of sp³-hybridized carbons (Fsp3) is 0.278. The Balaban J connectivity index is 1.62. The van der Waals surface area contributed by atoms with Gasteiger partial charge >= 0.3 is 0 Å². The third-order valence-corrected chi connectivity index (χ3v) is 4.49. The van der Waals surface area contributed by atoms with E-state index in [0.717, 1.165) is 17.1 Å². The second-order valence-corrected chi connectivity index (χ2v) is 5.83. The summed E-state index contributed by atoms with van der Waals surface area (Å²) in [6.07, 6.45) is 7.11. The number of imidazole rings is 1. The molecule has 3 heteroatoms. The fourth-order valence-corrected chi connectivity index (χ4v) is 2.95. The van der Waals surface area contributed by atoms with E-state index in [0.29, 0.717) is 5.69 Å². The molecule has 0 spiro atoms. The molecule has 1 aliphatic rings. The van der Waals surface area contributed by atoms with Gasteiger partial charge in [-0.2, -0.15) is 0 Å². The Kier molecular flexibility index (Phi) is 3.00. The first-order valence-corrected chi connectivity index (χ1v) is 7.53. The van der Waals surface area contributed by atoms with Crippen LogP contribution >= 0.6 is 0 Å². The smallest absolute Gasteiger partial charge is 0.137 e. The topological polar surface area (TPSA) is 37.5 Å². The van der Waals surface area contributed by atoms with Crippen LogP contribution in [0.3, 0.4) is 0 Å². The van der Waals surface area contributed by atoms with Gasteiger partial charge in [0.15, 0.2) is 0 Å². The van der Waals surface area contributed by atoms with Crippen molar-refractivity contribution in [1.29, 1.82) is 0 Å². The molecule has 1 atom stereocenters. The van der Waals surface area contributed by atoms with Gasteiger partial charge in [0.25, 0.3) is 0 Å². The third-order valence-electron chi connectivity index (χ3n) is 4.49. The summed E-state index contributed by atoms with van der Waals surface area (Å²) in [7, 11) is 0. The highest BCUT2D eigenvalue weighted by Gasteiger charge is 2.20. The first-order valence-electron chi connectivity index (χ1n) is 7.53. The van der Waals surface area contributed by atoms with Crippen molar-refractivity contribution in [2.45, 2.75) is 31.3 Å². The van der Waals surface area contributed by atoms with Gasteiger partial charge in [0, 0.05) is 12.4 Å². The number of aliphatic hydroxyl groups excluding tert-OH is 1. The molecule has 0 radical (unpaired) electrons. The molecule has 106 valence electrons. The van der Waals surface area contributed by atoms with E-state index >= 15 is 0 Å². The molecule has 1 aliphatic carbocycles. The average Bonchev–Trinajstić information content (AvgIpc) is 2.89. The molecule has 0 amide bonds. The molecular weight excluding hydrogens is 260 g/mol. The molecule has 0 aliphatic heterocycles. The minimum absolute atomic E-state index is 0.666. The highest BCUT2D eigenvalue weighted by Crippen LogP contribution is 2.36. The monoisotopic (exact) mass is 278 g/mol. The highest BCUT2D eigenvalue weighted by molar-refractivity contribution is 5.41. The Hall–Kier alpha value is -2.13. The van der Waals surface area contributed by atoms with Gasteiger partial charge in [0.2, 0.25) is 0 Å². The van der Waals surface area contributed by atoms with Crippen LogP contribution in [0.25, 0.3) is 5.65 Å². The van der Waals surface area contributed by atoms with Gasteiger partial charge in [-0.1, -0.05) is 36.8 Å². The number of nitrogens with zero attached hydrogens (tertiary/aromatic N) is 2. The second kappa shape index (κ2) is 5.01. The maximum absolute atomic E-state index is 10.5. The SMILES string of the molecule is OC(c1ccc(C2CCC2)cc1)c1cn2ccccc2n1. The summed E-state index contributed by atoms with van der Waals surface area (Å²) in [5.74, 6) is 0.728. The standard InChI is InChI=1S/C18H18N2O/c21-18(16-12-20-11-2-1-6-17(20)19-16)15-9-7-14(8-10-15)13-4-3-5-13/h1-2,6-13,18,21H,3-5H2. The lowest BCUT2D eigenvalue weighted by molar-refractivity contribution is 0.216. The molecule has 2 aromatic heterocycles. The van der Waals surface area contributed by atoms with E-state index in [1.807, 2.05) is 47.1 Å². The predicted molar refractivity (Wildman–Crippen MR) is 82.3 cm³/mol. The van der Waals surface area contributed by atoms with Crippen molar-refractivity contribution in [3.05, 3.63) is 71.7 Å². The Labute approximate surface area is 123 Å². The number of fused-ring (bicyclic) bond motifs is 1. The minimum Gasteiger partial charge on any atom is -0.382 e. The first-order chi connectivity index (χ1) is 10.3. The Morgan fingerprint density at radius 3 is 2.57 bits per heavy atom. The maximum Gasteiger partial charge on any atom is 0.137 e. The van der Waals surface area contributed by atoms with Crippen LogP contribution in [0.5, 0.6) is 0 Å². The Bertz CT molecular complexity index is 723. The van der Waals surface area contributed by atoms with Crippen LogP contribution in [-0.4, -0.2) is 14.5 Å². The van der Waals surface area contributed by atoms with Gasteiger partial charge in [0.1, 0.15) is 11.8 Å². The molecule has 1 unspecified atom stereocenters. The second-order valence-electron chi connectivity index (χ2n) is 5.83. The van der Waals surface area contributed by atoms with Gasteiger partial charge in [-0.15, -0.1) is 0 Å². The van der Waals surface area contributed by atoms with E-state index in [2.05, 4.69) is 17.1 Å². The van der Waals surface area contributed by atoms with E-state index in [1.165, 1.54) is 24.8 Å². The molecule has 1 saturated carbocycles. The number of hydrogen-bond donors (Lipinski definition) is 1. The summed E-state index contributed by atoms with van der Waals surface area (Å²) in [6, 6.07) is 14.2. The Morgan fingerprint density at radius 2 is 1.90 bits per heavy atom. The fourth-order valence-electron chi connectivity index (χ4n) is 2.95. The number of pyridine rings is 1. The normalized spacial score (nSPS) is 16.8. The molecule has 0 bridgehead atoms. The van der Waals surface area contributed by atoms with Crippen LogP contribution in [0, 0.1) is 0 Å². The van der Waals surface area contributed by atoms with Gasteiger partial charge in [-0.3, -0.25) is 0 Å². The quantitative estimate of drug-likeness (QED) is 0.793. The molecule has 3 aromatic rings. The maximum atomic E-state index is 10.5. The van der Waals surface area contributed by atoms with E-state index in [4.69, 9.17) is 0 Å². The van der Waals surface area contributed by atoms with Crippen molar-refractivity contribution in [2.75, 3.05) is 0 Å². The van der Waals surface area contributed by atoms with E-state index in [-0.39, 0.29) is 0 Å². The summed E-state index contributed by atoms with van der Waals surface area (Å²) in [5, 5.41) is 10.5. The number of rotatable bonds is 3. The summed E-state index contributed by atoms with van der Waals surface area (Å²) in [5.41, 5.74) is 3.85. The lowest BCUT2D eigenvalue weighted by atomic mass is 9.80. The largest absolute Gasteiger partial charge is 0.382 e. The molecule has 1 N–H and O–H groups in total. The molecule has 1 aromatic carbocycles. The van der Waals surface area contributed by atoms with Gasteiger partial charge in [-0.25, -0.2) is 4.98 Å². The lowest BCUT2D eigenvalue weighted by Gasteiger charge is -2.26. The first kappa shape index (κ1) is 12.6. The molecule has 1 fully saturated rings. The van der Waals surface area contributed by atoms with Gasteiger partial charge in [-0.05, 0) is 42.0 Å². The van der Waals surface area contributed by atoms with Crippen LogP contribution in [0.2, 0.25) is 0 Å². The predicted octanol–water partition coefficient (Wildman–Crippen LogP) is 3.68. The lowest BCUT2D eigenvalue weighted by Crippen LogP contribution is -2.09. The van der Waals surface area contributed by atoms with Crippen molar-refractivity contribution < 1.29 is 5.11 Å². The molecule has 3 nitrogen and oxygen atoms in total. The van der Waals surface area contributed by atoms with Crippen molar-refractivity contribution >= 4 is 5.65 Å². The molecular formula is C18H18N2O. The number of aliphatic hydroxyl groups is 1. The summed E-state index contributed by atoms with van der Waals surface area (Å²) in [6.45, 7) is 0. The molecule has 0 saturated heterocycles. The summed E-state index contributed by atoms with van der Waals surface area (Å²) < 4.78 is 1.93. The van der Waals surface area contributed by atoms with E-state index in [1.54, 1.807) is 0 Å². The molecule has 21 heavy (non-hydrogen) atoms. The van der Waals surface area contributed by atoms with Crippen LogP contribution in [0.4, 0.5) is 0 Å². The van der Waals surface area contributed by atoms with E-state index < -0.39 is 6.10 Å². The van der Waals surface area contributed by atoms with Crippen molar-refractivity contribution in [3.8, 4) is 0 Å². The zero-order valence-corrected chi connectivity index (χ0v) is 11.8. The third kappa shape index (κ3) is 2.24. The summed E-state index contributed by atoms with van der Waals surface area (Å²) in [4.78, 5) is 4.49. The van der Waals surface area contributed by atoms with Crippen molar-refractivity contribution in [2.24, 2.45) is 0 Å². The highest BCUT2D eigenvalue weighted by atomic mass is 16.3.